The monoisotopic (exact) mass is 185 g/mol. The maximum absolute atomic E-state index is 5.83. The summed E-state index contributed by atoms with van der Waals surface area (Å²) in [7, 11) is 0. The lowest BCUT2D eigenvalue weighted by Gasteiger charge is -2.04. The molecule has 0 spiro atoms. The molecule has 0 amide bonds. The van der Waals surface area contributed by atoms with Gasteiger partial charge in [-0.25, -0.2) is 9.97 Å². The lowest BCUT2D eigenvalue weighted by atomic mass is 10.4. The van der Waals surface area contributed by atoms with Gasteiger partial charge in [0.1, 0.15) is 0 Å². The zero-order valence-corrected chi connectivity index (χ0v) is 8.02. The highest BCUT2D eigenvalue weighted by Crippen LogP contribution is 2.15. The number of nitrogens with one attached hydrogen (secondary N) is 1. The molecule has 1 aromatic rings. The summed E-state index contributed by atoms with van der Waals surface area (Å²) in [4.78, 5) is 8.18. The Balaban J connectivity index is 2.72. The van der Waals surface area contributed by atoms with Gasteiger partial charge in [0.25, 0.3) is 0 Å². The van der Waals surface area contributed by atoms with Crippen molar-refractivity contribution in [2.45, 2.75) is 20.3 Å². The summed E-state index contributed by atoms with van der Waals surface area (Å²) in [5, 5.41) is 3.53. The Hall–Kier alpha value is -0.830. The largest absolute Gasteiger partial charge is 0.368 e. The number of halogens is 1. The van der Waals surface area contributed by atoms with Gasteiger partial charge in [-0.2, -0.15) is 0 Å². The minimum Gasteiger partial charge on any atom is -0.368 e. The molecule has 3 nitrogen and oxygen atoms in total. The van der Waals surface area contributed by atoms with Gasteiger partial charge in [0.2, 0.25) is 0 Å². The normalized spacial score (nSPS) is 9.92. The average molecular weight is 186 g/mol. The molecule has 0 atom stereocenters. The number of anilines is 1. The summed E-state index contributed by atoms with van der Waals surface area (Å²) in [5.74, 6) is 0.670. The SMILES string of the molecule is CCCNc1ncc(C)nc1Cl. The van der Waals surface area contributed by atoms with Gasteiger partial charge in [-0.1, -0.05) is 18.5 Å². The van der Waals surface area contributed by atoms with Crippen LogP contribution in [0.5, 0.6) is 0 Å². The van der Waals surface area contributed by atoms with E-state index in [4.69, 9.17) is 11.6 Å². The van der Waals surface area contributed by atoms with E-state index in [2.05, 4.69) is 22.2 Å². The van der Waals surface area contributed by atoms with Gasteiger partial charge in [0.15, 0.2) is 11.0 Å². The van der Waals surface area contributed by atoms with E-state index < -0.39 is 0 Å². The maximum atomic E-state index is 5.83. The van der Waals surface area contributed by atoms with Crippen LogP contribution in [0.25, 0.3) is 0 Å². The molecule has 0 radical (unpaired) electrons. The number of aromatic nitrogens is 2. The molecule has 0 aliphatic heterocycles. The van der Waals surface area contributed by atoms with Gasteiger partial charge in [0, 0.05) is 6.54 Å². The van der Waals surface area contributed by atoms with E-state index in [1.54, 1.807) is 6.20 Å². The predicted molar refractivity (Wildman–Crippen MR) is 50.6 cm³/mol. The Labute approximate surface area is 77.2 Å². The van der Waals surface area contributed by atoms with Crippen molar-refractivity contribution in [3.8, 4) is 0 Å². The van der Waals surface area contributed by atoms with Gasteiger partial charge in [-0.3, -0.25) is 0 Å². The van der Waals surface area contributed by atoms with Gasteiger partial charge in [0.05, 0.1) is 11.9 Å². The molecule has 1 aromatic heterocycles. The molecule has 1 N–H and O–H groups in total. The van der Waals surface area contributed by atoms with Crippen molar-refractivity contribution >= 4 is 17.4 Å². The molecular formula is C8H12ClN3. The Morgan fingerprint density at radius 3 is 2.92 bits per heavy atom. The van der Waals surface area contributed by atoms with Gasteiger partial charge in [-0.15, -0.1) is 0 Å². The van der Waals surface area contributed by atoms with E-state index in [1.165, 1.54) is 0 Å². The van der Waals surface area contributed by atoms with E-state index >= 15 is 0 Å². The van der Waals surface area contributed by atoms with Crippen molar-refractivity contribution in [3.63, 3.8) is 0 Å². The second kappa shape index (κ2) is 4.26. The maximum Gasteiger partial charge on any atom is 0.171 e. The molecule has 0 unspecified atom stereocenters. The van der Waals surface area contributed by atoms with Crippen LogP contribution in [0.3, 0.4) is 0 Å². The second-order valence-corrected chi connectivity index (χ2v) is 2.94. The van der Waals surface area contributed by atoms with E-state index in [1.807, 2.05) is 6.92 Å². The summed E-state index contributed by atoms with van der Waals surface area (Å²) < 4.78 is 0. The molecule has 66 valence electrons. The third-order valence-electron chi connectivity index (χ3n) is 1.39. The van der Waals surface area contributed by atoms with E-state index in [0.717, 1.165) is 18.7 Å². The first-order chi connectivity index (χ1) is 5.74. The fraction of sp³-hybridized carbons (Fsp3) is 0.500. The number of nitrogens with zero attached hydrogens (tertiary/aromatic N) is 2. The van der Waals surface area contributed by atoms with Crippen LogP contribution in [0, 0.1) is 6.92 Å². The molecule has 1 heterocycles. The van der Waals surface area contributed by atoms with Gasteiger partial charge < -0.3 is 5.32 Å². The molecule has 0 aromatic carbocycles. The Morgan fingerprint density at radius 1 is 1.58 bits per heavy atom. The molecule has 1 rings (SSSR count). The van der Waals surface area contributed by atoms with Crippen molar-refractivity contribution in [2.75, 3.05) is 11.9 Å². The minimum absolute atomic E-state index is 0.448. The quantitative estimate of drug-likeness (QED) is 0.785. The number of hydrogen-bond donors (Lipinski definition) is 1. The van der Waals surface area contributed by atoms with Crippen LogP contribution in [0.1, 0.15) is 19.0 Å². The van der Waals surface area contributed by atoms with E-state index in [0.29, 0.717) is 11.0 Å². The molecule has 0 saturated carbocycles. The summed E-state index contributed by atoms with van der Waals surface area (Å²) >= 11 is 5.83. The van der Waals surface area contributed by atoms with Crippen LogP contribution < -0.4 is 5.32 Å². The molecule has 0 saturated heterocycles. The first-order valence-electron chi connectivity index (χ1n) is 3.97. The first-order valence-corrected chi connectivity index (χ1v) is 4.35. The second-order valence-electron chi connectivity index (χ2n) is 2.58. The summed E-state index contributed by atoms with van der Waals surface area (Å²) in [6.45, 7) is 4.82. The van der Waals surface area contributed by atoms with Crippen LogP contribution in [0.2, 0.25) is 5.15 Å². The molecule has 12 heavy (non-hydrogen) atoms. The first kappa shape index (κ1) is 9.26. The fourth-order valence-electron chi connectivity index (χ4n) is 0.810. The smallest absolute Gasteiger partial charge is 0.171 e. The Kier molecular flexibility index (Phi) is 3.29. The summed E-state index contributed by atoms with van der Waals surface area (Å²) in [6, 6.07) is 0. The molecule has 4 heteroatoms. The lowest BCUT2D eigenvalue weighted by molar-refractivity contribution is 0.961. The zero-order chi connectivity index (χ0) is 8.97. The van der Waals surface area contributed by atoms with Crippen LogP contribution >= 0.6 is 11.6 Å². The van der Waals surface area contributed by atoms with Crippen molar-refractivity contribution in [1.82, 2.24) is 9.97 Å². The van der Waals surface area contributed by atoms with Crippen LogP contribution in [-0.2, 0) is 0 Å². The predicted octanol–water partition coefficient (Wildman–Crippen LogP) is 2.26. The highest BCUT2D eigenvalue weighted by molar-refractivity contribution is 6.31. The van der Waals surface area contributed by atoms with Crippen molar-refractivity contribution in [2.24, 2.45) is 0 Å². The standard InChI is InChI=1S/C8H12ClN3/c1-3-4-10-8-7(9)12-6(2)5-11-8/h5H,3-4H2,1-2H3,(H,10,11). The molecule has 0 bridgehead atoms. The highest BCUT2D eigenvalue weighted by Gasteiger charge is 2.00. The molecular weight excluding hydrogens is 174 g/mol. The van der Waals surface area contributed by atoms with Gasteiger partial charge in [-0.05, 0) is 13.3 Å². The third-order valence-corrected chi connectivity index (χ3v) is 1.66. The summed E-state index contributed by atoms with van der Waals surface area (Å²) in [6.07, 6.45) is 2.75. The fourth-order valence-corrected chi connectivity index (χ4v) is 1.06. The molecule has 0 aliphatic carbocycles. The van der Waals surface area contributed by atoms with Crippen LogP contribution in [-0.4, -0.2) is 16.5 Å². The van der Waals surface area contributed by atoms with Crippen LogP contribution in [0.15, 0.2) is 6.20 Å². The lowest BCUT2D eigenvalue weighted by Crippen LogP contribution is -2.03. The number of rotatable bonds is 3. The number of hydrogen-bond acceptors (Lipinski definition) is 3. The van der Waals surface area contributed by atoms with Gasteiger partial charge >= 0.3 is 0 Å². The van der Waals surface area contributed by atoms with Crippen LogP contribution in [0.4, 0.5) is 5.82 Å². The topological polar surface area (TPSA) is 37.8 Å². The molecule has 0 aliphatic rings. The van der Waals surface area contributed by atoms with E-state index in [-0.39, 0.29) is 0 Å². The average Bonchev–Trinajstić information content (AvgIpc) is 2.03. The number of aryl methyl sites for hydroxylation is 1. The summed E-state index contributed by atoms with van der Waals surface area (Å²) in [5.41, 5.74) is 0.835. The Morgan fingerprint density at radius 2 is 2.33 bits per heavy atom. The minimum atomic E-state index is 0.448. The van der Waals surface area contributed by atoms with Crippen molar-refractivity contribution < 1.29 is 0 Å². The van der Waals surface area contributed by atoms with E-state index in [9.17, 15) is 0 Å². The molecule has 0 fully saturated rings. The van der Waals surface area contributed by atoms with Crippen molar-refractivity contribution in [3.05, 3.63) is 17.0 Å². The highest BCUT2D eigenvalue weighted by atomic mass is 35.5. The van der Waals surface area contributed by atoms with Crippen molar-refractivity contribution in [1.29, 1.82) is 0 Å². The Bertz CT molecular complexity index is 262. The zero-order valence-electron chi connectivity index (χ0n) is 7.26. The third kappa shape index (κ3) is 2.34.